The smallest absolute Gasteiger partial charge is 0.317 e. The molecule has 2 rings (SSSR count). The summed E-state index contributed by atoms with van der Waals surface area (Å²) in [4.78, 5) is 14.9. The van der Waals surface area contributed by atoms with Gasteiger partial charge in [0.2, 0.25) is 0 Å². The highest BCUT2D eigenvalue weighted by atomic mass is 19.1. The molecule has 112 valence electrons. The first-order valence-electron chi connectivity index (χ1n) is 6.93. The average molecular weight is 291 g/mol. The molecule has 1 aromatic carbocycles. The third-order valence-corrected chi connectivity index (χ3v) is 3.60. The molecule has 0 aromatic heterocycles. The number of aliphatic carboxylic acids is 1. The van der Waals surface area contributed by atoms with E-state index in [1.807, 2.05) is 11.0 Å². The molecule has 0 unspecified atom stereocenters. The van der Waals surface area contributed by atoms with Gasteiger partial charge in [-0.2, -0.15) is 5.26 Å². The van der Waals surface area contributed by atoms with Crippen LogP contribution in [0.4, 0.5) is 4.39 Å². The fourth-order valence-corrected chi connectivity index (χ4v) is 2.55. The number of hydrogen-bond acceptors (Lipinski definition) is 4. The van der Waals surface area contributed by atoms with Crippen molar-refractivity contribution in [2.75, 3.05) is 32.7 Å². The number of nitriles is 1. The van der Waals surface area contributed by atoms with Crippen molar-refractivity contribution in [3.63, 3.8) is 0 Å². The van der Waals surface area contributed by atoms with E-state index in [9.17, 15) is 9.18 Å². The Morgan fingerprint density at radius 1 is 1.29 bits per heavy atom. The second-order valence-electron chi connectivity index (χ2n) is 5.23. The van der Waals surface area contributed by atoms with E-state index in [4.69, 9.17) is 10.4 Å². The maximum Gasteiger partial charge on any atom is 0.317 e. The van der Waals surface area contributed by atoms with E-state index < -0.39 is 11.8 Å². The summed E-state index contributed by atoms with van der Waals surface area (Å²) in [6.07, 6.45) is 0.902. The van der Waals surface area contributed by atoms with Crippen LogP contribution in [0.25, 0.3) is 0 Å². The first-order chi connectivity index (χ1) is 10.1. The predicted molar refractivity (Wildman–Crippen MR) is 75.1 cm³/mol. The average Bonchev–Trinajstić information content (AvgIpc) is 2.66. The maximum atomic E-state index is 13.3. The molecule has 1 aromatic rings. The molecule has 1 aliphatic heterocycles. The molecule has 0 radical (unpaired) electrons. The molecule has 0 atom stereocenters. The Morgan fingerprint density at radius 2 is 2.00 bits per heavy atom. The molecule has 21 heavy (non-hydrogen) atoms. The Labute approximate surface area is 123 Å². The van der Waals surface area contributed by atoms with Crippen LogP contribution in [0.5, 0.6) is 0 Å². The van der Waals surface area contributed by atoms with E-state index in [0.717, 1.165) is 31.6 Å². The van der Waals surface area contributed by atoms with Gasteiger partial charge < -0.3 is 5.11 Å². The fourth-order valence-electron chi connectivity index (χ4n) is 2.55. The molecule has 0 spiro atoms. The highest BCUT2D eigenvalue weighted by molar-refractivity contribution is 5.69. The quantitative estimate of drug-likeness (QED) is 0.905. The standard InChI is InChI=1S/C15H18FN3O2/c16-14-3-2-12(8-13(14)9-17)10-18-4-1-5-19(7-6-18)11-15(20)21/h2-3,8H,1,4-7,10-11H2,(H,20,21). The van der Waals surface area contributed by atoms with Crippen LogP contribution >= 0.6 is 0 Å². The molecule has 6 heteroatoms. The summed E-state index contributed by atoms with van der Waals surface area (Å²) < 4.78 is 13.3. The fraction of sp³-hybridized carbons (Fsp3) is 0.467. The van der Waals surface area contributed by atoms with Crippen molar-refractivity contribution in [3.05, 3.63) is 35.1 Å². The number of nitrogens with zero attached hydrogens (tertiary/aromatic N) is 3. The van der Waals surface area contributed by atoms with E-state index in [2.05, 4.69) is 4.90 Å². The van der Waals surface area contributed by atoms with Crippen molar-refractivity contribution in [2.45, 2.75) is 13.0 Å². The first-order valence-corrected chi connectivity index (χ1v) is 6.93. The van der Waals surface area contributed by atoms with E-state index in [0.29, 0.717) is 13.1 Å². The number of rotatable bonds is 4. The SMILES string of the molecule is N#Cc1cc(CN2CCCN(CC(=O)O)CC2)ccc1F. The van der Waals surface area contributed by atoms with Gasteiger partial charge in [0.25, 0.3) is 0 Å². The molecular formula is C15H18FN3O2. The van der Waals surface area contributed by atoms with Gasteiger partial charge in [-0.3, -0.25) is 14.6 Å². The predicted octanol–water partition coefficient (Wildman–Crippen LogP) is 1.29. The van der Waals surface area contributed by atoms with Gasteiger partial charge in [0.05, 0.1) is 12.1 Å². The minimum absolute atomic E-state index is 0.0647. The van der Waals surface area contributed by atoms with E-state index in [1.165, 1.54) is 6.07 Å². The minimum Gasteiger partial charge on any atom is -0.480 e. The summed E-state index contributed by atoms with van der Waals surface area (Å²) in [6, 6.07) is 6.44. The normalized spacial score (nSPS) is 17.1. The molecule has 1 saturated heterocycles. The Balaban J connectivity index is 1.94. The van der Waals surface area contributed by atoms with Crippen LogP contribution in [-0.2, 0) is 11.3 Å². The van der Waals surface area contributed by atoms with Gasteiger partial charge in [-0.25, -0.2) is 4.39 Å². The molecule has 5 nitrogen and oxygen atoms in total. The van der Waals surface area contributed by atoms with Crippen LogP contribution in [0.15, 0.2) is 18.2 Å². The van der Waals surface area contributed by atoms with E-state index in [-0.39, 0.29) is 12.1 Å². The van der Waals surface area contributed by atoms with Crippen molar-refractivity contribution in [1.29, 1.82) is 5.26 Å². The number of benzene rings is 1. The zero-order valence-electron chi connectivity index (χ0n) is 11.8. The zero-order chi connectivity index (χ0) is 15.2. The molecule has 1 aliphatic rings. The van der Waals surface area contributed by atoms with Gasteiger partial charge in [0, 0.05) is 26.2 Å². The van der Waals surface area contributed by atoms with Gasteiger partial charge in [0.15, 0.2) is 0 Å². The molecule has 1 heterocycles. The van der Waals surface area contributed by atoms with Gasteiger partial charge >= 0.3 is 5.97 Å². The topological polar surface area (TPSA) is 67.6 Å². The van der Waals surface area contributed by atoms with E-state index >= 15 is 0 Å². The monoisotopic (exact) mass is 291 g/mol. The van der Waals surface area contributed by atoms with Crippen LogP contribution in [0, 0.1) is 17.1 Å². The van der Waals surface area contributed by atoms with Crippen LogP contribution in [0.2, 0.25) is 0 Å². The van der Waals surface area contributed by atoms with Crippen LogP contribution < -0.4 is 0 Å². The van der Waals surface area contributed by atoms with Crippen LogP contribution in [-0.4, -0.2) is 53.6 Å². The lowest BCUT2D eigenvalue weighted by Crippen LogP contribution is -2.34. The lowest BCUT2D eigenvalue weighted by molar-refractivity contribution is -0.138. The summed E-state index contributed by atoms with van der Waals surface area (Å²) in [7, 11) is 0. The summed E-state index contributed by atoms with van der Waals surface area (Å²) in [5.74, 6) is -1.30. The highest BCUT2D eigenvalue weighted by Gasteiger charge is 2.17. The number of halogens is 1. The zero-order valence-corrected chi connectivity index (χ0v) is 11.8. The molecule has 0 aliphatic carbocycles. The number of carboxylic acids is 1. The van der Waals surface area contributed by atoms with Crippen LogP contribution in [0.1, 0.15) is 17.5 Å². The summed E-state index contributed by atoms with van der Waals surface area (Å²) in [6.45, 7) is 3.84. The number of hydrogen-bond donors (Lipinski definition) is 1. The first kappa shape index (κ1) is 15.4. The van der Waals surface area contributed by atoms with Crippen molar-refractivity contribution in [2.24, 2.45) is 0 Å². The third kappa shape index (κ3) is 4.52. The number of carbonyl (C=O) groups is 1. The van der Waals surface area contributed by atoms with Crippen molar-refractivity contribution in [1.82, 2.24) is 9.80 Å². The molecule has 0 amide bonds. The van der Waals surface area contributed by atoms with Crippen molar-refractivity contribution >= 4 is 5.97 Å². The number of carboxylic acid groups (broad SMARTS) is 1. The van der Waals surface area contributed by atoms with Gasteiger partial charge in [-0.05, 0) is 30.7 Å². The Bertz CT molecular complexity index is 556. The third-order valence-electron chi connectivity index (χ3n) is 3.60. The summed E-state index contributed by atoms with van der Waals surface area (Å²) in [5.41, 5.74) is 0.967. The largest absolute Gasteiger partial charge is 0.480 e. The van der Waals surface area contributed by atoms with Gasteiger partial charge in [-0.1, -0.05) is 6.07 Å². The second-order valence-corrected chi connectivity index (χ2v) is 5.23. The lowest BCUT2D eigenvalue weighted by Gasteiger charge is -2.21. The van der Waals surface area contributed by atoms with Crippen molar-refractivity contribution < 1.29 is 14.3 Å². The Kier molecular flexibility index (Phi) is 5.26. The van der Waals surface area contributed by atoms with Crippen molar-refractivity contribution in [3.8, 4) is 6.07 Å². The summed E-state index contributed by atoms with van der Waals surface area (Å²) in [5, 5.41) is 17.7. The minimum atomic E-state index is -0.805. The summed E-state index contributed by atoms with van der Waals surface area (Å²) >= 11 is 0. The molecule has 0 bridgehead atoms. The molecule has 0 saturated carbocycles. The molecular weight excluding hydrogens is 273 g/mol. The molecule has 1 fully saturated rings. The lowest BCUT2D eigenvalue weighted by atomic mass is 10.1. The van der Waals surface area contributed by atoms with Gasteiger partial charge in [-0.15, -0.1) is 0 Å². The Morgan fingerprint density at radius 3 is 2.71 bits per heavy atom. The van der Waals surface area contributed by atoms with E-state index in [1.54, 1.807) is 12.1 Å². The second kappa shape index (κ2) is 7.16. The molecule has 1 N–H and O–H groups in total. The van der Waals surface area contributed by atoms with Crippen LogP contribution in [0.3, 0.4) is 0 Å². The highest BCUT2D eigenvalue weighted by Crippen LogP contribution is 2.13. The Hall–Kier alpha value is -1.97. The van der Waals surface area contributed by atoms with Gasteiger partial charge in [0.1, 0.15) is 11.9 Å². The maximum absolute atomic E-state index is 13.3.